The molecule has 0 radical (unpaired) electrons. The van der Waals surface area contributed by atoms with Crippen molar-refractivity contribution in [2.75, 3.05) is 13.1 Å². The van der Waals surface area contributed by atoms with E-state index in [2.05, 4.69) is 10.3 Å². The molecule has 1 fully saturated rings. The first-order chi connectivity index (χ1) is 8.16. The van der Waals surface area contributed by atoms with E-state index in [4.69, 9.17) is 0 Å². The average molecular weight is 233 g/mol. The van der Waals surface area contributed by atoms with Gasteiger partial charge in [0, 0.05) is 38.4 Å². The Kier molecular flexibility index (Phi) is 3.37. The quantitative estimate of drug-likeness (QED) is 0.806. The van der Waals surface area contributed by atoms with E-state index in [-0.39, 0.29) is 17.9 Å². The first kappa shape index (κ1) is 11.6. The molecule has 0 aromatic carbocycles. The van der Waals surface area contributed by atoms with Crippen LogP contribution in [0.3, 0.4) is 0 Å². The average Bonchev–Trinajstić information content (AvgIpc) is 2.77. The smallest absolute Gasteiger partial charge is 0.255 e. The predicted molar refractivity (Wildman–Crippen MR) is 62.4 cm³/mol. The normalized spacial score (nSPS) is 19.1. The molecule has 2 amide bonds. The van der Waals surface area contributed by atoms with Gasteiger partial charge in [-0.3, -0.25) is 14.6 Å². The van der Waals surface area contributed by atoms with Crippen LogP contribution >= 0.6 is 0 Å². The van der Waals surface area contributed by atoms with E-state index in [1.807, 2.05) is 0 Å². The fourth-order valence-corrected chi connectivity index (χ4v) is 2.02. The molecular weight excluding hydrogens is 218 g/mol. The molecule has 0 aliphatic carbocycles. The zero-order valence-electron chi connectivity index (χ0n) is 9.72. The van der Waals surface area contributed by atoms with Crippen molar-refractivity contribution in [1.82, 2.24) is 15.2 Å². The lowest BCUT2D eigenvalue weighted by atomic mass is 10.2. The number of carbonyl (C=O) groups is 2. The summed E-state index contributed by atoms with van der Waals surface area (Å²) < 4.78 is 0. The second-order valence-electron chi connectivity index (χ2n) is 4.18. The fraction of sp³-hybridized carbons (Fsp3) is 0.417. The number of carbonyl (C=O) groups excluding carboxylic acids is 2. The van der Waals surface area contributed by atoms with Crippen LogP contribution < -0.4 is 5.32 Å². The minimum absolute atomic E-state index is 0.0223. The lowest BCUT2D eigenvalue weighted by Crippen LogP contribution is -2.37. The highest BCUT2D eigenvalue weighted by Gasteiger charge is 2.27. The van der Waals surface area contributed by atoms with Gasteiger partial charge in [-0.05, 0) is 18.6 Å². The number of nitrogens with one attached hydrogen (secondary N) is 1. The van der Waals surface area contributed by atoms with Gasteiger partial charge < -0.3 is 10.2 Å². The molecule has 5 nitrogen and oxygen atoms in total. The topological polar surface area (TPSA) is 62.3 Å². The van der Waals surface area contributed by atoms with Crippen molar-refractivity contribution < 1.29 is 9.59 Å². The van der Waals surface area contributed by atoms with Crippen molar-refractivity contribution >= 4 is 11.8 Å². The molecule has 1 aromatic rings. The molecule has 1 N–H and O–H groups in total. The van der Waals surface area contributed by atoms with Gasteiger partial charge in [-0.1, -0.05) is 0 Å². The van der Waals surface area contributed by atoms with Crippen LogP contribution in [0.1, 0.15) is 23.7 Å². The van der Waals surface area contributed by atoms with Crippen molar-refractivity contribution in [2.45, 2.75) is 19.4 Å². The van der Waals surface area contributed by atoms with Gasteiger partial charge >= 0.3 is 0 Å². The Morgan fingerprint density at radius 1 is 1.53 bits per heavy atom. The van der Waals surface area contributed by atoms with E-state index in [9.17, 15) is 9.59 Å². The van der Waals surface area contributed by atoms with Gasteiger partial charge in [0.05, 0.1) is 5.56 Å². The molecule has 1 aliphatic heterocycles. The van der Waals surface area contributed by atoms with Crippen molar-refractivity contribution in [1.29, 1.82) is 0 Å². The standard InChI is InChI=1S/C12H15N3O2/c1-9(16)14-11-4-6-15(8-11)12(17)10-3-2-5-13-7-10/h2-3,5,7,11H,4,6,8H2,1H3,(H,14,16). The lowest BCUT2D eigenvalue weighted by molar-refractivity contribution is -0.119. The minimum Gasteiger partial charge on any atom is -0.352 e. The number of aromatic nitrogens is 1. The third kappa shape index (κ3) is 2.81. The number of hydrogen-bond donors (Lipinski definition) is 1. The van der Waals surface area contributed by atoms with Crippen molar-refractivity contribution in [2.24, 2.45) is 0 Å². The van der Waals surface area contributed by atoms with Crippen molar-refractivity contribution in [3.8, 4) is 0 Å². The summed E-state index contributed by atoms with van der Waals surface area (Å²) >= 11 is 0. The first-order valence-corrected chi connectivity index (χ1v) is 5.63. The zero-order valence-corrected chi connectivity index (χ0v) is 9.72. The van der Waals surface area contributed by atoms with Crippen LogP contribution in [0.4, 0.5) is 0 Å². The van der Waals surface area contributed by atoms with Gasteiger partial charge in [-0.25, -0.2) is 0 Å². The molecule has 0 saturated carbocycles. The van der Waals surface area contributed by atoms with Crippen LogP contribution in [0.5, 0.6) is 0 Å². The number of pyridine rings is 1. The number of rotatable bonds is 2. The summed E-state index contributed by atoms with van der Waals surface area (Å²) in [4.78, 5) is 28.6. The Morgan fingerprint density at radius 2 is 2.35 bits per heavy atom. The van der Waals surface area contributed by atoms with Gasteiger partial charge in [0.1, 0.15) is 0 Å². The molecule has 0 bridgehead atoms. The Labute approximate surface area is 99.8 Å². The van der Waals surface area contributed by atoms with Crippen LogP contribution in [-0.4, -0.2) is 40.8 Å². The van der Waals surface area contributed by atoms with E-state index in [0.717, 1.165) is 6.42 Å². The van der Waals surface area contributed by atoms with Crippen molar-refractivity contribution in [3.05, 3.63) is 30.1 Å². The SMILES string of the molecule is CC(=O)NC1CCN(C(=O)c2cccnc2)C1. The maximum absolute atomic E-state index is 12.1. The molecular formula is C12H15N3O2. The predicted octanol–water partition coefficient (Wildman–Crippen LogP) is 0.432. The van der Waals surface area contributed by atoms with E-state index in [1.165, 1.54) is 6.92 Å². The number of hydrogen-bond acceptors (Lipinski definition) is 3. The van der Waals surface area contributed by atoms with E-state index in [0.29, 0.717) is 18.7 Å². The second kappa shape index (κ2) is 4.95. The highest BCUT2D eigenvalue weighted by molar-refractivity contribution is 5.94. The summed E-state index contributed by atoms with van der Waals surface area (Å²) in [6, 6.07) is 3.57. The van der Waals surface area contributed by atoms with Crippen molar-refractivity contribution in [3.63, 3.8) is 0 Å². The number of amides is 2. The van der Waals surface area contributed by atoms with Gasteiger partial charge in [-0.15, -0.1) is 0 Å². The molecule has 1 aromatic heterocycles. The molecule has 1 unspecified atom stereocenters. The van der Waals surface area contributed by atoms with Gasteiger partial charge in [-0.2, -0.15) is 0 Å². The zero-order chi connectivity index (χ0) is 12.3. The number of likely N-dealkylation sites (tertiary alicyclic amines) is 1. The van der Waals surface area contributed by atoms with E-state index >= 15 is 0 Å². The Morgan fingerprint density at radius 3 is 3.00 bits per heavy atom. The third-order valence-corrected chi connectivity index (χ3v) is 2.79. The van der Waals surface area contributed by atoms with Crippen LogP contribution in [0.15, 0.2) is 24.5 Å². The summed E-state index contributed by atoms with van der Waals surface area (Å²) in [5.41, 5.74) is 0.593. The maximum atomic E-state index is 12.1. The Balaban J connectivity index is 1.97. The second-order valence-corrected chi connectivity index (χ2v) is 4.18. The van der Waals surface area contributed by atoms with Gasteiger partial charge in [0.15, 0.2) is 0 Å². The molecule has 2 rings (SSSR count). The largest absolute Gasteiger partial charge is 0.352 e. The summed E-state index contributed by atoms with van der Waals surface area (Å²) in [6.45, 7) is 2.75. The molecule has 5 heteroatoms. The molecule has 2 heterocycles. The molecule has 1 atom stereocenters. The monoisotopic (exact) mass is 233 g/mol. The lowest BCUT2D eigenvalue weighted by Gasteiger charge is -2.16. The van der Waals surface area contributed by atoms with Crippen LogP contribution in [0.2, 0.25) is 0 Å². The minimum atomic E-state index is -0.0503. The molecule has 1 saturated heterocycles. The maximum Gasteiger partial charge on any atom is 0.255 e. The summed E-state index contributed by atoms with van der Waals surface area (Å²) in [7, 11) is 0. The summed E-state index contributed by atoms with van der Waals surface area (Å²) in [6.07, 6.45) is 4.01. The molecule has 17 heavy (non-hydrogen) atoms. The third-order valence-electron chi connectivity index (χ3n) is 2.79. The Hall–Kier alpha value is -1.91. The first-order valence-electron chi connectivity index (χ1n) is 5.63. The fourth-order valence-electron chi connectivity index (χ4n) is 2.02. The summed E-state index contributed by atoms with van der Waals surface area (Å²) in [5, 5.41) is 2.83. The van der Waals surface area contributed by atoms with Crippen LogP contribution in [-0.2, 0) is 4.79 Å². The molecule has 1 aliphatic rings. The van der Waals surface area contributed by atoms with E-state index in [1.54, 1.807) is 29.4 Å². The van der Waals surface area contributed by atoms with Crippen LogP contribution in [0, 0.1) is 0 Å². The highest BCUT2D eigenvalue weighted by Crippen LogP contribution is 2.12. The van der Waals surface area contributed by atoms with Crippen LogP contribution in [0.25, 0.3) is 0 Å². The number of nitrogens with zero attached hydrogens (tertiary/aromatic N) is 2. The van der Waals surface area contributed by atoms with Gasteiger partial charge in [0.2, 0.25) is 5.91 Å². The Bertz CT molecular complexity index is 419. The summed E-state index contributed by atoms with van der Waals surface area (Å²) in [5.74, 6) is -0.0726. The van der Waals surface area contributed by atoms with Gasteiger partial charge in [0.25, 0.3) is 5.91 Å². The highest BCUT2D eigenvalue weighted by atomic mass is 16.2. The van der Waals surface area contributed by atoms with E-state index < -0.39 is 0 Å². The molecule has 0 spiro atoms. The molecule has 90 valence electrons.